The number of carbonyl (C=O) groups is 2. The van der Waals surface area contributed by atoms with Crippen LogP contribution in [0.25, 0.3) is 0 Å². The van der Waals surface area contributed by atoms with Crippen molar-refractivity contribution in [1.29, 1.82) is 0 Å². The zero-order valence-electron chi connectivity index (χ0n) is 17.9. The summed E-state index contributed by atoms with van der Waals surface area (Å²) < 4.78 is 10.3. The van der Waals surface area contributed by atoms with Crippen LogP contribution in [0.4, 0.5) is 11.4 Å². The van der Waals surface area contributed by atoms with Gasteiger partial charge >= 0.3 is 5.97 Å². The summed E-state index contributed by atoms with van der Waals surface area (Å²) in [5.41, 5.74) is 5.08. The van der Waals surface area contributed by atoms with Crippen LogP contribution in [0.2, 0.25) is 0 Å². The van der Waals surface area contributed by atoms with Crippen LogP contribution in [0.5, 0.6) is 5.75 Å². The fraction of sp³-hybridized carbons (Fsp3) is 0.200. The molecular formula is C25H26N2O4. The van der Waals surface area contributed by atoms with Gasteiger partial charge in [0.1, 0.15) is 5.75 Å². The van der Waals surface area contributed by atoms with Gasteiger partial charge < -0.3 is 20.1 Å². The third-order valence-electron chi connectivity index (χ3n) is 5.00. The van der Waals surface area contributed by atoms with Gasteiger partial charge in [0.2, 0.25) is 0 Å². The molecule has 3 aromatic rings. The Kier molecular flexibility index (Phi) is 7.27. The molecule has 0 bridgehead atoms. The second-order valence-corrected chi connectivity index (χ2v) is 7.12. The Morgan fingerprint density at radius 2 is 1.58 bits per heavy atom. The number of anilines is 2. The number of amides is 1. The fourth-order valence-corrected chi connectivity index (χ4v) is 3.01. The van der Waals surface area contributed by atoms with E-state index in [1.165, 1.54) is 0 Å². The second kappa shape index (κ2) is 10.3. The third-order valence-corrected chi connectivity index (χ3v) is 5.00. The summed E-state index contributed by atoms with van der Waals surface area (Å²) in [7, 11) is 1.60. The van der Waals surface area contributed by atoms with Crippen LogP contribution >= 0.6 is 0 Å². The molecule has 3 aromatic carbocycles. The molecule has 6 nitrogen and oxygen atoms in total. The van der Waals surface area contributed by atoms with Gasteiger partial charge in [-0.3, -0.25) is 4.79 Å². The van der Waals surface area contributed by atoms with Crippen molar-refractivity contribution in [3.05, 3.63) is 89.0 Å². The van der Waals surface area contributed by atoms with E-state index in [9.17, 15) is 9.59 Å². The van der Waals surface area contributed by atoms with E-state index < -0.39 is 5.97 Å². The Morgan fingerprint density at radius 3 is 2.32 bits per heavy atom. The van der Waals surface area contributed by atoms with Crippen LogP contribution in [0.3, 0.4) is 0 Å². The quantitative estimate of drug-likeness (QED) is 0.526. The SMILES string of the molecule is COc1ccc(CNC(=O)COC(=O)c2ccccc2Nc2cccc(C)c2C)cc1. The monoisotopic (exact) mass is 418 g/mol. The first-order valence-electron chi connectivity index (χ1n) is 9.97. The van der Waals surface area contributed by atoms with Gasteiger partial charge in [-0.25, -0.2) is 4.79 Å². The fourth-order valence-electron chi connectivity index (χ4n) is 3.01. The molecule has 3 rings (SSSR count). The van der Waals surface area contributed by atoms with Gasteiger partial charge in [0.05, 0.1) is 18.4 Å². The molecule has 31 heavy (non-hydrogen) atoms. The van der Waals surface area contributed by atoms with Crippen molar-refractivity contribution in [2.24, 2.45) is 0 Å². The normalized spacial score (nSPS) is 10.3. The van der Waals surface area contributed by atoms with Gasteiger partial charge in [-0.05, 0) is 60.9 Å². The maximum absolute atomic E-state index is 12.6. The smallest absolute Gasteiger partial charge is 0.340 e. The highest BCUT2D eigenvalue weighted by molar-refractivity contribution is 5.97. The molecular weight excluding hydrogens is 392 g/mol. The Hall–Kier alpha value is -3.80. The molecule has 2 N–H and O–H groups in total. The number of aryl methyl sites for hydroxylation is 1. The van der Waals surface area contributed by atoms with Crippen molar-refractivity contribution in [2.75, 3.05) is 19.0 Å². The predicted octanol–water partition coefficient (Wildman–Crippen LogP) is 4.53. The molecule has 0 aromatic heterocycles. The van der Waals surface area contributed by atoms with Crippen molar-refractivity contribution >= 4 is 23.3 Å². The number of nitrogens with one attached hydrogen (secondary N) is 2. The Labute approximate surface area is 182 Å². The van der Waals surface area contributed by atoms with Gasteiger partial charge in [0.15, 0.2) is 6.61 Å². The van der Waals surface area contributed by atoms with Crippen LogP contribution in [-0.2, 0) is 16.1 Å². The summed E-state index contributed by atoms with van der Waals surface area (Å²) >= 11 is 0. The minimum absolute atomic E-state index is 0.338. The van der Waals surface area contributed by atoms with Crippen molar-refractivity contribution in [1.82, 2.24) is 5.32 Å². The standard InChI is InChI=1S/C25H26N2O4/c1-17-7-6-10-22(18(17)2)27-23-9-5-4-8-21(23)25(29)31-16-24(28)26-15-19-11-13-20(30-3)14-12-19/h4-14,27H,15-16H2,1-3H3,(H,26,28). The topological polar surface area (TPSA) is 76.7 Å². The molecule has 0 spiro atoms. The zero-order chi connectivity index (χ0) is 22.2. The summed E-state index contributed by atoms with van der Waals surface area (Å²) in [5.74, 6) is -0.186. The number of ether oxygens (including phenoxy) is 2. The maximum atomic E-state index is 12.6. The van der Waals surface area contributed by atoms with Crippen molar-refractivity contribution in [3.63, 3.8) is 0 Å². The first kappa shape index (κ1) is 21.9. The number of benzene rings is 3. The van der Waals surface area contributed by atoms with Crippen LogP contribution < -0.4 is 15.4 Å². The number of esters is 1. The van der Waals surface area contributed by atoms with E-state index in [1.807, 2.05) is 68.4 Å². The minimum atomic E-state index is -0.562. The Morgan fingerprint density at radius 1 is 0.871 bits per heavy atom. The molecule has 160 valence electrons. The number of carbonyl (C=O) groups excluding carboxylic acids is 2. The van der Waals surface area contributed by atoms with E-state index in [-0.39, 0.29) is 12.5 Å². The Bertz CT molecular complexity index is 1060. The van der Waals surface area contributed by atoms with E-state index in [0.29, 0.717) is 17.8 Å². The lowest BCUT2D eigenvalue weighted by Crippen LogP contribution is -2.28. The van der Waals surface area contributed by atoms with Gasteiger partial charge in [-0.15, -0.1) is 0 Å². The van der Waals surface area contributed by atoms with Gasteiger partial charge in [-0.2, -0.15) is 0 Å². The van der Waals surface area contributed by atoms with Gasteiger partial charge in [0.25, 0.3) is 5.91 Å². The number of methoxy groups -OCH3 is 1. The highest BCUT2D eigenvalue weighted by Gasteiger charge is 2.15. The van der Waals surface area contributed by atoms with Gasteiger partial charge in [0, 0.05) is 12.2 Å². The number of rotatable bonds is 8. The minimum Gasteiger partial charge on any atom is -0.497 e. The van der Waals surface area contributed by atoms with Crippen LogP contribution in [0.1, 0.15) is 27.0 Å². The molecule has 0 heterocycles. The zero-order valence-corrected chi connectivity index (χ0v) is 17.9. The largest absolute Gasteiger partial charge is 0.497 e. The lowest BCUT2D eigenvalue weighted by Gasteiger charge is -2.14. The molecule has 6 heteroatoms. The molecule has 0 saturated carbocycles. The molecule has 0 saturated heterocycles. The van der Waals surface area contributed by atoms with Crippen LogP contribution in [0, 0.1) is 13.8 Å². The lowest BCUT2D eigenvalue weighted by atomic mass is 10.1. The van der Waals surface area contributed by atoms with Crippen molar-refractivity contribution < 1.29 is 19.1 Å². The lowest BCUT2D eigenvalue weighted by molar-refractivity contribution is -0.124. The molecule has 1 amide bonds. The molecule has 0 unspecified atom stereocenters. The van der Waals surface area contributed by atoms with E-state index in [4.69, 9.17) is 9.47 Å². The molecule has 0 aliphatic rings. The van der Waals surface area contributed by atoms with Crippen molar-refractivity contribution in [2.45, 2.75) is 20.4 Å². The van der Waals surface area contributed by atoms with Crippen molar-refractivity contribution in [3.8, 4) is 5.75 Å². The molecule has 0 aliphatic carbocycles. The summed E-state index contributed by atoms with van der Waals surface area (Å²) in [4.78, 5) is 24.7. The molecule has 0 fully saturated rings. The number of hydrogen-bond donors (Lipinski definition) is 2. The number of hydrogen-bond acceptors (Lipinski definition) is 5. The number of para-hydroxylation sites is 1. The summed E-state index contributed by atoms with van der Waals surface area (Å²) in [6.07, 6.45) is 0. The third kappa shape index (κ3) is 5.85. The highest BCUT2D eigenvalue weighted by atomic mass is 16.5. The van der Waals surface area contributed by atoms with Crippen LogP contribution in [-0.4, -0.2) is 25.6 Å². The second-order valence-electron chi connectivity index (χ2n) is 7.12. The van der Waals surface area contributed by atoms with Gasteiger partial charge in [-0.1, -0.05) is 36.4 Å². The summed E-state index contributed by atoms with van der Waals surface area (Å²) in [6.45, 7) is 4.04. The Balaban J connectivity index is 1.57. The van der Waals surface area contributed by atoms with Crippen LogP contribution in [0.15, 0.2) is 66.7 Å². The average Bonchev–Trinajstić information content (AvgIpc) is 2.79. The first-order valence-corrected chi connectivity index (χ1v) is 9.97. The summed E-state index contributed by atoms with van der Waals surface area (Å²) in [6, 6.07) is 20.4. The van der Waals surface area contributed by atoms with E-state index in [0.717, 1.165) is 28.1 Å². The molecule has 0 atom stereocenters. The van der Waals surface area contributed by atoms with E-state index in [2.05, 4.69) is 10.6 Å². The van der Waals surface area contributed by atoms with E-state index in [1.54, 1.807) is 19.2 Å². The van der Waals surface area contributed by atoms with E-state index >= 15 is 0 Å². The summed E-state index contributed by atoms with van der Waals surface area (Å²) in [5, 5.41) is 6.03. The first-order chi connectivity index (χ1) is 15.0. The molecule has 0 aliphatic heterocycles. The average molecular weight is 418 g/mol. The molecule has 0 radical (unpaired) electrons. The highest BCUT2D eigenvalue weighted by Crippen LogP contribution is 2.25. The maximum Gasteiger partial charge on any atom is 0.340 e. The predicted molar refractivity (Wildman–Crippen MR) is 121 cm³/mol.